The summed E-state index contributed by atoms with van der Waals surface area (Å²) < 4.78 is 0. The van der Waals surface area contributed by atoms with Gasteiger partial charge in [-0.15, -0.1) is 0 Å². The molecule has 1 atom stereocenters. The molecular formula is C12H19N3O. The smallest absolute Gasteiger partial charge is 0.229 e. The Kier molecular flexibility index (Phi) is 4.40. The van der Waals surface area contributed by atoms with Crippen LogP contribution in [0.5, 0.6) is 0 Å². The molecule has 0 spiro atoms. The van der Waals surface area contributed by atoms with E-state index in [2.05, 4.69) is 22.2 Å². The van der Waals surface area contributed by atoms with E-state index in [1.54, 1.807) is 0 Å². The van der Waals surface area contributed by atoms with E-state index in [1.165, 1.54) is 0 Å². The number of nitrogens with one attached hydrogen (secondary N) is 1. The fourth-order valence-corrected chi connectivity index (χ4v) is 1.58. The van der Waals surface area contributed by atoms with Crippen LogP contribution in [0.15, 0.2) is 6.07 Å². The molecule has 1 heterocycles. The lowest BCUT2D eigenvalue weighted by atomic mass is 10.1. The number of hydrogen-bond acceptors (Lipinski definition) is 3. The Bertz CT molecular complexity index is 356. The van der Waals surface area contributed by atoms with Crippen LogP contribution in [0.2, 0.25) is 0 Å². The average Bonchev–Trinajstić information content (AvgIpc) is 2.16. The normalized spacial score (nSPS) is 12.2. The maximum atomic E-state index is 11.7. The van der Waals surface area contributed by atoms with Crippen molar-refractivity contribution in [3.05, 3.63) is 17.5 Å². The van der Waals surface area contributed by atoms with Gasteiger partial charge in [-0.3, -0.25) is 10.1 Å². The third-order valence-corrected chi connectivity index (χ3v) is 2.39. The van der Waals surface area contributed by atoms with Crippen LogP contribution in [-0.2, 0) is 4.79 Å². The maximum Gasteiger partial charge on any atom is 0.229 e. The summed E-state index contributed by atoms with van der Waals surface area (Å²) in [6, 6.07) is 1.88. The minimum Gasteiger partial charge on any atom is -0.294 e. The van der Waals surface area contributed by atoms with Crippen molar-refractivity contribution in [1.82, 2.24) is 9.97 Å². The predicted octanol–water partition coefficient (Wildman–Crippen LogP) is 2.47. The minimum atomic E-state index is -0.00755. The Morgan fingerprint density at radius 3 is 2.44 bits per heavy atom. The molecule has 88 valence electrons. The molecule has 1 rings (SSSR count). The van der Waals surface area contributed by atoms with Gasteiger partial charge in [0, 0.05) is 17.3 Å². The van der Waals surface area contributed by atoms with E-state index < -0.39 is 0 Å². The number of rotatable bonds is 4. The number of carbonyl (C=O) groups is 1. The highest BCUT2D eigenvalue weighted by atomic mass is 16.2. The molecule has 0 aliphatic heterocycles. The third kappa shape index (κ3) is 3.61. The van der Waals surface area contributed by atoms with Gasteiger partial charge < -0.3 is 0 Å². The first-order valence-electron chi connectivity index (χ1n) is 5.66. The van der Waals surface area contributed by atoms with Gasteiger partial charge in [0.15, 0.2) is 0 Å². The quantitative estimate of drug-likeness (QED) is 0.849. The van der Waals surface area contributed by atoms with Crippen molar-refractivity contribution in [2.45, 2.75) is 40.5 Å². The van der Waals surface area contributed by atoms with Crippen LogP contribution >= 0.6 is 0 Å². The Balaban J connectivity index is 2.69. The van der Waals surface area contributed by atoms with Gasteiger partial charge in [-0.1, -0.05) is 20.3 Å². The number of hydrogen-bond donors (Lipinski definition) is 1. The van der Waals surface area contributed by atoms with Crippen LogP contribution < -0.4 is 5.32 Å². The zero-order valence-electron chi connectivity index (χ0n) is 10.4. The van der Waals surface area contributed by atoms with Crippen LogP contribution in [0.4, 0.5) is 5.95 Å². The third-order valence-electron chi connectivity index (χ3n) is 2.39. The lowest BCUT2D eigenvalue weighted by Gasteiger charge is -2.10. The molecule has 1 N–H and O–H groups in total. The van der Waals surface area contributed by atoms with Crippen molar-refractivity contribution in [3.8, 4) is 0 Å². The van der Waals surface area contributed by atoms with Gasteiger partial charge in [0.1, 0.15) is 0 Å². The summed E-state index contributed by atoms with van der Waals surface area (Å²) in [5.74, 6) is 0.409. The van der Waals surface area contributed by atoms with Crippen LogP contribution in [0.1, 0.15) is 38.1 Å². The fraction of sp³-hybridized carbons (Fsp3) is 0.583. The number of anilines is 1. The van der Waals surface area contributed by atoms with E-state index in [0.717, 1.165) is 24.2 Å². The second kappa shape index (κ2) is 5.58. The monoisotopic (exact) mass is 221 g/mol. The zero-order chi connectivity index (χ0) is 12.1. The molecule has 0 saturated carbocycles. The summed E-state index contributed by atoms with van der Waals surface area (Å²) in [6.07, 6.45) is 1.89. The molecule has 1 aromatic heterocycles. The Morgan fingerprint density at radius 1 is 1.38 bits per heavy atom. The summed E-state index contributed by atoms with van der Waals surface area (Å²) in [7, 11) is 0. The Hall–Kier alpha value is -1.45. The molecule has 0 fully saturated rings. The fourth-order valence-electron chi connectivity index (χ4n) is 1.58. The predicted molar refractivity (Wildman–Crippen MR) is 64.2 cm³/mol. The van der Waals surface area contributed by atoms with Crippen LogP contribution in [0, 0.1) is 19.8 Å². The van der Waals surface area contributed by atoms with Gasteiger partial charge in [-0.05, 0) is 26.3 Å². The van der Waals surface area contributed by atoms with Gasteiger partial charge >= 0.3 is 0 Å². The molecule has 1 amide bonds. The number of aryl methyl sites for hydroxylation is 2. The van der Waals surface area contributed by atoms with E-state index in [-0.39, 0.29) is 11.8 Å². The SMILES string of the molecule is CCCC(C)C(=O)Nc1nc(C)cc(C)n1. The summed E-state index contributed by atoms with van der Waals surface area (Å²) in [5, 5.41) is 2.75. The number of carbonyl (C=O) groups excluding carboxylic acids is 1. The first-order valence-corrected chi connectivity index (χ1v) is 5.66. The second-order valence-electron chi connectivity index (χ2n) is 4.15. The van der Waals surface area contributed by atoms with Crippen molar-refractivity contribution in [1.29, 1.82) is 0 Å². The van der Waals surface area contributed by atoms with E-state index >= 15 is 0 Å². The van der Waals surface area contributed by atoms with Crippen molar-refractivity contribution in [2.24, 2.45) is 5.92 Å². The van der Waals surface area contributed by atoms with Gasteiger partial charge in [0.05, 0.1) is 0 Å². The molecule has 1 aromatic rings. The number of amides is 1. The Labute approximate surface area is 96.5 Å². The van der Waals surface area contributed by atoms with Crippen molar-refractivity contribution < 1.29 is 4.79 Å². The van der Waals surface area contributed by atoms with Crippen LogP contribution in [0.25, 0.3) is 0 Å². The maximum absolute atomic E-state index is 11.7. The standard InChI is InChI=1S/C12H19N3O/c1-5-6-8(2)11(16)15-12-13-9(3)7-10(4)14-12/h7-8H,5-6H2,1-4H3,(H,13,14,15,16). The molecule has 1 unspecified atom stereocenters. The molecule has 0 bridgehead atoms. The van der Waals surface area contributed by atoms with Gasteiger partial charge in [-0.25, -0.2) is 9.97 Å². The molecule has 16 heavy (non-hydrogen) atoms. The van der Waals surface area contributed by atoms with Gasteiger partial charge in [0.2, 0.25) is 11.9 Å². The zero-order valence-corrected chi connectivity index (χ0v) is 10.4. The lowest BCUT2D eigenvalue weighted by Crippen LogP contribution is -2.21. The molecule has 0 aliphatic rings. The minimum absolute atomic E-state index is 0.00755. The molecule has 0 aromatic carbocycles. The summed E-state index contributed by atoms with van der Waals surface area (Å²) in [5.41, 5.74) is 1.73. The lowest BCUT2D eigenvalue weighted by molar-refractivity contribution is -0.119. The summed E-state index contributed by atoms with van der Waals surface area (Å²) >= 11 is 0. The molecular weight excluding hydrogens is 202 g/mol. The van der Waals surface area contributed by atoms with Crippen molar-refractivity contribution in [2.75, 3.05) is 5.32 Å². The molecule has 0 saturated heterocycles. The highest BCUT2D eigenvalue weighted by molar-refractivity contribution is 5.90. The van der Waals surface area contributed by atoms with Crippen molar-refractivity contribution >= 4 is 11.9 Å². The number of nitrogens with zero attached hydrogens (tertiary/aromatic N) is 2. The summed E-state index contributed by atoms with van der Waals surface area (Å²) in [4.78, 5) is 20.1. The largest absolute Gasteiger partial charge is 0.294 e. The highest BCUT2D eigenvalue weighted by Crippen LogP contribution is 2.09. The van der Waals surface area contributed by atoms with Gasteiger partial charge in [0.25, 0.3) is 0 Å². The molecule has 0 aliphatic carbocycles. The first-order chi connectivity index (χ1) is 7.52. The first kappa shape index (κ1) is 12.6. The van der Waals surface area contributed by atoms with E-state index in [1.807, 2.05) is 26.8 Å². The summed E-state index contributed by atoms with van der Waals surface area (Å²) in [6.45, 7) is 7.76. The van der Waals surface area contributed by atoms with Gasteiger partial charge in [-0.2, -0.15) is 0 Å². The average molecular weight is 221 g/mol. The van der Waals surface area contributed by atoms with Crippen molar-refractivity contribution in [3.63, 3.8) is 0 Å². The molecule has 4 nitrogen and oxygen atoms in total. The Morgan fingerprint density at radius 2 is 1.94 bits per heavy atom. The van der Waals surface area contributed by atoms with E-state index in [0.29, 0.717) is 5.95 Å². The molecule has 4 heteroatoms. The van der Waals surface area contributed by atoms with E-state index in [4.69, 9.17) is 0 Å². The van der Waals surface area contributed by atoms with E-state index in [9.17, 15) is 4.79 Å². The number of aromatic nitrogens is 2. The topological polar surface area (TPSA) is 54.9 Å². The second-order valence-corrected chi connectivity index (χ2v) is 4.15. The molecule has 0 radical (unpaired) electrons. The van der Waals surface area contributed by atoms with Crippen LogP contribution in [0.3, 0.4) is 0 Å². The highest BCUT2D eigenvalue weighted by Gasteiger charge is 2.13. The van der Waals surface area contributed by atoms with Crippen LogP contribution in [-0.4, -0.2) is 15.9 Å².